The number of thiazole rings is 1. The summed E-state index contributed by atoms with van der Waals surface area (Å²) in [6, 6.07) is 0. The van der Waals surface area contributed by atoms with E-state index in [1.165, 1.54) is 6.33 Å². The minimum atomic E-state index is -0.155. The summed E-state index contributed by atoms with van der Waals surface area (Å²) in [6.07, 6.45) is 1.53. The number of carbonyl (C=O) groups is 1. The van der Waals surface area contributed by atoms with E-state index in [9.17, 15) is 4.79 Å². The van der Waals surface area contributed by atoms with Gasteiger partial charge in [-0.3, -0.25) is 4.79 Å². The highest BCUT2D eigenvalue weighted by atomic mass is 32.1. The van der Waals surface area contributed by atoms with E-state index in [0.29, 0.717) is 18.2 Å². The average molecular weight is 278 g/mol. The largest absolute Gasteiger partial charge is 0.348 e. The van der Waals surface area contributed by atoms with Crippen molar-refractivity contribution in [1.82, 2.24) is 20.3 Å². The topological polar surface area (TPSA) is 70.7 Å². The molecule has 0 aliphatic rings. The molecule has 0 saturated carbocycles. The Morgan fingerprint density at radius 2 is 2.21 bits per heavy atom. The standard InChI is InChI=1S/C13H18N4OS/c1-7(2)13-17-8(3)10(19-13)5-14-12(18)11-9(4)15-6-16-11/h6-7H,5H2,1-4H3,(H,14,18)(H,15,16). The summed E-state index contributed by atoms with van der Waals surface area (Å²) in [5, 5.41) is 3.99. The van der Waals surface area contributed by atoms with Crippen molar-refractivity contribution >= 4 is 17.2 Å². The first-order valence-corrected chi connectivity index (χ1v) is 7.05. The minimum Gasteiger partial charge on any atom is -0.348 e. The molecule has 2 heterocycles. The fourth-order valence-electron chi connectivity index (χ4n) is 1.69. The van der Waals surface area contributed by atoms with Crippen LogP contribution in [0.25, 0.3) is 0 Å². The van der Waals surface area contributed by atoms with Crippen LogP contribution < -0.4 is 5.32 Å². The molecule has 0 radical (unpaired) electrons. The second kappa shape index (κ2) is 5.52. The molecule has 2 N–H and O–H groups in total. The van der Waals surface area contributed by atoms with Gasteiger partial charge in [-0.1, -0.05) is 13.8 Å². The van der Waals surface area contributed by atoms with E-state index in [2.05, 4.69) is 34.1 Å². The fraction of sp³-hybridized carbons (Fsp3) is 0.462. The van der Waals surface area contributed by atoms with Gasteiger partial charge in [-0.2, -0.15) is 0 Å². The van der Waals surface area contributed by atoms with Crippen molar-refractivity contribution in [3.8, 4) is 0 Å². The van der Waals surface area contributed by atoms with Crippen LogP contribution in [0.15, 0.2) is 6.33 Å². The van der Waals surface area contributed by atoms with E-state index in [0.717, 1.165) is 21.3 Å². The summed E-state index contributed by atoms with van der Waals surface area (Å²) in [7, 11) is 0. The second-order valence-corrected chi connectivity index (χ2v) is 5.89. The Kier molecular flexibility index (Phi) is 3.99. The number of H-pyrrole nitrogens is 1. The van der Waals surface area contributed by atoms with Gasteiger partial charge in [-0.25, -0.2) is 9.97 Å². The molecule has 1 amide bonds. The van der Waals surface area contributed by atoms with Crippen LogP contribution >= 0.6 is 11.3 Å². The quantitative estimate of drug-likeness (QED) is 0.903. The van der Waals surface area contributed by atoms with Crippen LogP contribution in [0, 0.1) is 13.8 Å². The van der Waals surface area contributed by atoms with Gasteiger partial charge in [0.1, 0.15) is 5.69 Å². The van der Waals surface area contributed by atoms with Gasteiger partial charge in [0.05, 0.1) is 23.6 Å². The van der Waals surface area contributed by atoms with E-state index >= 15 is 0 Å². The molecule has 5 nitrogen and oxygen atoms in total. The molecule has 0 aliphatic carbocycles. The van der Waals surface area contributed by atoms with E-state index in [-0.39, 0.29) is 5.91 Å². The Balaban J connectivity index is 2.03. The van der Waals surface area contributed by atoms with Crippen molar-refractivity contribution < 1.29 is 4.79 Å². The summed E-state index contributed by atoms with van der Waals surface area (Å²) in [4.78, 5) is 24.5. The number of aryl methyl sites for hydroxylation is 2. The molecule has 0 fully saturated rings. The van der Waals surface area contributed by atoms with Crippen molar-refractivity contribution in [2.45, 2.75) is 40.2 Å². The van der Waals surface area contributed by atoms with Crippen LogP contribution in [0.4, 0.5) is 0 Å². The first kappa shape index (κ1) is 13.7. The number of aromatic nitrogens is 3. The SMILES string of the molecule is Cc1nc(C(C)C)sc1CNC(=O)c1nc[nH]c1C. The number of amides is 1. The minimum absolute atomic E-state index is 0.155. The van der Waals surface area contributed by atoms with Gasteiger partial charge in [-0.05, 0) is 13.8 Å². The van der Waals surface area contributed by atoms with E-state index in [4.69, 9.17) is 0 Å². The van der Waals surface area contributed by atoms with Crippen LogP contribution in [-0.4, -0.2) is 20.9 Å². The highest BCUT2D eigenvalue weighted by Crippen LogP contribution is 2.24. The van der Waals surface area contributed by atoms with Crippen molar-refractivity contribution in [3.63, 3.8) is 0 Å². The fourth-order valence-corrected chi connectivity index (χ4v) is 2.70. The molecule has 0 bridgehead atoms. The first-order chi connectivity index (χ1) is 8.99. The number of nitrogens with one attached hydrogen (secondary N) is 2. The Bertz CT molecular complexity index is 585. The molecule has 0 atom stereocenters. The van der Waals surface area contributed by atoms with Gasteiger partial charge in [-0.15, -0.1) is 11.3 Å². The molecule has 0 aliphatic heterocycles. The molecule has 19 heavy (non-hydrogen) atoms. The highest BCUT2D eigenvalue weighted by Gasteiger charge is 2.14. The van der Waals surface area contributed by atoms with Crippen LogP contribution in [0.3, 0.4) is 0 Å². The molecule has 102 valence electrons. The molecule has 2 rings (SSSR count). The maximum atomic E-state index is 11.9. The van der Waals surface area contributed by atoms with Gasteiger partial charge in [0.25, 0.3) is 5.91 Å². The molecular formula is C13H18N4OS. The van der Waals surface area contributed by atoms with Crippen molar-refractivity contribution in [1.29, 1.82) is 0 Å². The van der Waals surface area contributed by atoms with Crippen LogP contribution in [0.5, 0.6) is 0 Å². The maximum absolute atomic E-state index is 11.9. The van der Waals surface area contributed by atoms with E-state index < -0.39 is 0 Å². The lowest BCUT2D eigenvalue weighted by Gasteiger charge is -2.02. The summed E-state index contributed by atoms with van der Waals surface area (Å²) >= 11 is 1.66. The summed E-state index contributed by atoms with van der Waals surface area (Å²) in [5.41, 5.74) is 2.22. The van der Waals surface area contributed by atoms with Gasteiger partial charge in [0.15, 0.2) is 0 Å². The summed E-state index contributed by atoms with van der Waals surface area (Å²) < 4.78 is 0. The zero-order chi connectivity index (χ0) is 14.0. The molecule has 0 unspecified atom stereocenters. The van der Waals surface area contributed by atoms with Crippen molar-refractivity contribution in [3.05, 3.63) is 33.3 Å². The summed E-state index contributed by atoms with van der Waals surface area (Å²) in [5.74, 6) is 0.263. The summed E-state index contributed by atoms with van der Waals surface area (Å²) in [6.45, 7) is 8.54. The molecule has 2 aromatic heterocycles. The smallest absolute Gasteiger partial charge is 0.272 e. The van der Waals surface area contributed by atoms with E-state index in [1.807, 2.05) is 13.8 Å². The molecule has 6 heteroatoms. The Labute approximate surface area is 116 Å². The lowest BCUT2D eigenvalue weighted by molar-refractivity contribution is 0.0946. The highest BCUT2D eigenvalue weighted by molar-refractivity contribution is 7.11. The van der Waals surface area contributed by atoms with Gasteiger partial charge in [0, 0.05) is 16.5 Å². The zero-order valence-corrected chi connectivity index (χ0v) is 12.4. The second-order valence-electron chi connectivity index (χ2n) is 4.77. The number of nitrogens with zero attached hydrogens (tertiary/aromatic N) is 2. The predicted octanol–water partition coefficient (Wildman–Crippen LogP) is 2.54. The van der Waals surface area contributed by atoms with Gasteiger partial charge in [0.2, 0.25) is 0 Å². The lowest BCUT2D eigenvalue weighted by Crippen LogP contribution is -2.23. The number of imidazole rings is 1. The molecule has 0 spiro atoms. The van der Waals surface area contributed by atoms with Crippen LogP contribution in [0.1, 0.15) is 51.5 Å². The normalized spacial score (nSPS) is 11.0. The van der Waals surface area contributed by atoms with Crippen LogP contribution in [0.2, 0.25) is 0 Å². The molecule has 2 aromatic rings. The predicted molar refractivity (Wildman–Crippen MR) is 75.4 cm³/mol. The Morgan fingerprint density at radius 3 is 2.74 bits per heavy atom. The maximum Gasteiger partial charge on any atom is 0.272 e. The number of rotatable bonds is 4. The first-order valence-electron chi connectivity index (χ1n) is 6.23. The Morgan fingerprint density at radius 1 is 1.47 bits per heavy atom. The monoisotopic (exact) mass is 278 g/mol. The van der Waals surface area contributed by atoms with Gasteiger partial charge >= 0.3 is 0 Å². The number of aromatic amines is 1. The van der Waals surface area contributed by atoms with Crippen LogP contribution in [-0.2, 0) is 6.54 Å². The third-order valence-corrected chi connectivity index (χ3v) is 4.32. The number of hydrogen-bond acceptors (Lipinski definition) is 4. The average Bonchev–Trinajstić information content (AvgIpc) is 2.93. The number of carbonyl (C=O) groups excluding carboxylic acids is 1. The molecule has 0 saturated heterocycles. The third kappa shape index (κ3) is 3.01. The zero-order valence-electron chi connectivity index (χ0n) is 11.6. The number of hydrogen-bond donors (Lipinski definition) is 2. The van der Waals surface area contributed by atoms with E-state index in [1.54, 1.807) is 11.3 Å². The third-order valence-electron chi connectivity index (χ3n) is 2.86. The van der Waals surface area contributed by atoms with Crippen molar-refractivity contribution in [2.24, 2.45) is 0 Å². The van der Waals surface area contributed by atoms with Gasteiger partial charge < -0.3 is 10.3 Å². The molecule has 0 aromatic carbocycles. The molecular weight excluding hydrogens is 260 g/mol. The van der Waals surface area contributed by atoms with Crippen molar-refractivity contribution in [2.75, 3.05) is 0 Å². The lowest BCUT2D eigenvalue weighted by atomic mass is 10.2. The Hall–Kier alpha value is -1.69.